The first-order valence-corrected chi connectivity index (χ1v) is 13.6. The maximum atomic E-state index is 13.3. The molecule has 9 N–H and O–H groups in total. The van der Waals surface area contributed by atoms with E-state index in [1.807, 2.05) is 37.3 Å². The SMILES string of the molecule is Cc1ccc([C@@H](O)[C@H](NC(=O)[C@@H](N)CC(=O)N(CCN)CCN)C(=O)NCc2nc(-c3ccccc3)ns2)cc1. The molecule has 1 aromatic heterocycles. The molecule has 12 nitrogen and oxygen atoms in total. The highest BCUT2D eigenvalue weighted by atomic mass is 32.1. The van der Waals surface area contributed by atoms with Gasteiger partial charge in [-0.15, -0.1) is 0 Å². The summed E-state index contributed by atoms with van der Waals surface area (Å²) in [5, 5.41) is 16.9. The van der Waals surface area contributed by atoms with Crippen LogP contribution in [0.2, 0.25) is 0 Å². The second-order valence-corrected chi connectivity index (χ2v) is 10.0. The first kappa shape index (κ1) is 30.8. The minimum atomic E-state index is -1.39. The Bertz CT molecular complexity index is 1250. The lowest BCUT2D eigenvalue weighted by atomic mass is 9.99. The highest BCUT2D eigenvalue weighted by Gasteiger charge is 2.32. The number of benzene rings is 2. The summed E-state index contributed by atoms with van der Waals surface area (Å²) in [6.07, 6.45) is -1.69. The Morgan fingerprint density at radius 1 is 1.00 bits per heavy atom. The summed E-state index contributed by atoms with van der Waals surface area (Å²) in [5.74, 6) is -1.26. The summed E-state index contributed by atoms with van der Waals surface area (Å²) in [7, 11) is 0. The van der Waals surface area contributed by atoms with Crippen molar-refractivity contribution in [3.05, 3.63) is 70.7 Å². The number of rotatable bonds is 14. The summed E-state index contributed by atoms with van der Waals surface area (Å²) in [6.45, 7) is 2.95. The van der Waals surface area contributed by atoms with Gasteiger partial charge in [-0.1, -0.05) is 60.2 Å². The lowest BCUT2D eigenvalue weighted by Gasteiger charge is -2.26. The molecule has 0 spiro atoms. The maximum absolute atomic E-state index is 13.3. The molecule has 1 heterocycles. The highest BCUT2D eigenvalue weighted by molar-refractivity contribution is 7.05. The molecule has 0 aliphatic heterocycles. The topological polar surface area (TPSA) is 203 Å². The predicted octanol–water partition coefficient (Wildman–Crippen LogP) is -0.188. The van der Waals surface area contributed by atoms with E-state index in [-0.39, 0.29) is 45.1 Å². The molecular formula is C27H36N8O4S. The average Bonchev–Trinajstić information content (AvgIpc) is 3.44. The lowest BCUT2D eigenvalue weighted by Crippen LogP contribution is -2.55. The van der Waals surface area contributed by atoms with Crippen LogP contribution in [0, 0.1) is 6.92 Å². The zero-order valence-electron chi connectivity index (χ0n) is 22.3. The Balaban J connectivity index is 1.71. The number of nitrogens with zero attached hydrogens (tertiary/aromatic N) is 3. The molecule has 0 radical (unpaired) electrons. The van der Waals surface area contributed by atoms with Crippen molar-refractivity contribution >= 4 is 29.3 Å². The quantitative estimate of drug-likeness (QED) is 0.152. The number of hydrogen-bond acceptors (Lipinski definition) is 10. The van der Waals surface area contributed by atoms with Gasteiger partial charge in [-0.3, -0.25) is 14.4 Å². The standard InChI is InChI=1S/C27H36N8O4S/c1-17-7-9-18(10-8-17)24(37)23(33-26(38)20(30)15-22(36)35(13-11-28)14-12-29)27(39)31-16-21-32-25(34-40-21)19-5-3-2-4-6-19/h2-10,20,23-24,37H,11-16,28-30H2,1H3,(H,31,39)(H,33,38)/t20-,23-,24+/m0/s1. The summed E-state index contributed by atoms with van der Waals surface area (Å²) < 4.78 is 4.33. The summed E-state index contributed by atoms with van der Waals surface area (Å²) in [4.78, 5) is 44.8. The molecular weight excluding hydrogens is 532 g/mol. The number of hydrogen-bond donors (Lipinski definition) is 6. The van der Waals surface area contributed by atoms with Crippen molar-refractivity contribution in [1.82, 2.24) is 24.9 Å². The van der Waals surface area contributed by atoms with Crippen molar-refractivity contribution in [3.8, 4) is 11.4 Å². The summed E-state index contributed by atoms with van der Waals surface area (Å²) >= 11 is 1.14. The van der Waals surface area contributed by atoms with Crippen LogP contribution in [0.1, 0.15) is 28.7 Å². The van der Waals surface area contributed by atoms with Crippen molar-refractivity contribution in [2.45, 2.75) is 38.1 Å². The molecule has 0 unspecified atom stereocenters. The van der Waals surface area contributed by atoms with Crippen LogP contribution in [0.5, 0.6) is 0 Å². The van der Waals surface area contributed by atoms with E-state index in [4.69, 9.17) is 17.2 Å². The van der Waals surface area contributed by atoms with E-state index < -0.39 is 30.0 Å². The molecule has 214 valence electrons. The van der Waals surface area contributed by atoms with Crippen molar-refractivity contribution in [3.63, 3.8) is 0 Å². The van der Waals surface area contributed by atoms with E-state index in [1.165, 1.54) is 4.90 Å². The van der Waals surface area contributed by atoms with E-state index in [2.05, 4.69) is 20.0 Å². The Morgan fingerprint density at radius 2 is 1.65 bits per heavy atom. The van der Waals surface area contributed by atoms with Gasteiger partial charge in [0.15, 0.2) is 5.82 Å². The third-order valence-electron chi connectivity index (χ3n) is 6.11. The normalized spacial score (nSPS) is 13.2. The first-order valence-electron chi connectivity index (χ1n) is 12.9. The molecule has 0 bridgehead atoms. The van der Waals surface area contributed by atoms with Gasteiger partial charge in [0, 0.05) is 31.7 Å². The van der Waals surface area contributed by atoms with Gasteiger partial charge >= 0.3 is 0 Å². The number of aliphatic hydroxyl groups is 1. The molecule has 2 aromatic carbocycles. The molecule has 3 aromatic rings. The molecule has 0 saturated heterocycles. The van der Waals surface area contributed by atoms with Gasteiger partial charge in [-0.2, -0.15) is 4.37 Å². The van der Waals surface area contributed by atoms with Gasteiger partial charge in [0.25, 0.3) is 0 Å². The van der Waals surface area contributed by atoms with Crippen LogP contribution in [0.3, 0.4) is 0 Å². The number of nitrogens with one attached hydrogen (secondary N) is 2. The van der Waals surface area contributed by atoms with E-state index >= 15 is 0 Å². The second-order valence-electron chi connectivity index (χ2n) is 9.21. The van der Waals surface area contributed by atoms with Crippen LogP contribution < -0.4 is 27.8 Å². The molecule has 3 amide bonds. The smallest absolute Gasteiger partial charge is 0.246 e. The van der Waals surface area contributed by atoms with Crippen molar-refractivity contribution < 1.29 is 19.5 Å². The molecule has 13 heteroatoms. The van der Waals surface area contributed by atoms with E-state index in [0.29, 0.717) is 16.4 Å². The van der Waals surface area contributed by atoms with Crippen LogP contribution in [-0.2, 0) is 20.9 Å². The molecule has 0 aliphatic carbocycles. The van der Waals surface area contributed by atoms with Crippen molar-refractivity contribution in [2.75, 3.05) is 26.2 Å². The number of nitrogens with two attached hydrogens (primary N) is 3. The number of aromatic nitrogens is 2. The Labute approximate surface area is 237 Å². The van der Waals surface area contributed by atoms with Crippen LogP contribution in [-0.4, -0.2) is 75.3 Å². The van der Waals surface area contributed by atoms with E-state index in [1.54, 1.807) is 24.3 Å². The molecule has 0 saturated carbocycles. The van der Waals surface area contributed by atoms with Gasteiger partial charge < -0.3 is 37.8 Å². The lowest BCUT2D eigenvalue weighted by molar-refractivity contribution is -0.136. The number of carbonyl (C=O) groups is 3. The Hall–Kier alpha value is -3.75. The Kier molecular flexibility index (Phi) is 11.7. The number of carbonyl (C=O) groups excluding carboxylic acids is 3. The molecule has 3 atom stereocenters. The van der Waals surface area contributed by atoms with Gasteiger partial charge in [-0.25, -0.2) is 4.98 Å². The predicted molar refractivity (Wildman–Crippen MR) is 153 cm³/mol. The zero-order valence-corrected chi connectivity index (χ0v) is 23.1. The second kappa shape index (κ2) is 15.1. The third-order valence-corrected chi connectivity index (χ3v) is 6.82. The molecule has 0 fully saturated rings. The minimum absolute atomic E-state index is 0.0357. The van der Waals surface area contributed by atoms with E-state index in [0.717, 1.165) is 22.7 Å². The Morgan fingerprint density at radius 3 is 2.27 bits per heavy atom. The fourth-order valence-electron chi connectivity index (χ4n) is 3.89. The molecule has 40 heavy (non-hydrogen) atoms. The van der Waals surface area contributed by atoms with Crippen LogP contribution >= 0.6 is 11.5 Å². The summed E-state index contributed by atoms with van der Waals surface area (Å²) in [5.41, 5.74) is 19.4. The largest absolute Gasteiger partial charge is 0.386 e. The van der Waals surface area contributed by atoms with Gasteiger partial charge in [-0.05, 0) is 24.0 Å². The average molecular weight is 569 g/mol. The molecule has 3 rings (SSSR count). The third kappa shape index (κ3) is 8.63. The van der Waals surface area contributed by atoms with Gasteiger partial charge in [0.1, 0.15) is 17.2 Å². The fraction of sp³-hybridized carbons (Fsp3) is 0.370. The van der Waals surface area contributed by atoms with Crippen LogP contribution in [0.4, 0.5) is 0 Å². The van der Waals surface area contributed by atoms with Crippen molar-refractivity contribution in [2.24, 2.45) is 17.2 Å². The van der Waals surface area contributed by atoms with Crippen LogP contribution in [0.15, 0.2) is 54.6 Å². The zero-order chi connectivity index (χ0) is 29.1. The molecule has 0 aliphatic rings. The number of aryl methyl sites for hydroxylation is 1. The van der Waals surface area contributed by atoms with Gasteiger partial charge in [0.2, 0.25) is 17.7 Å². The van der Waals surface area contributed by atoms with Crippen LogP contribution in [0.25, 0.3) is 11.4 Å². The van der Waals surface area contributed by atoms with Crippen molar-refractivity contribution in [1.29, 1.82) is 0 Å². The number of aliphatic hydroxyl groups excluding tert-OH is 1. The summed E-state index contributed by atoms with van der Waals surface area (Å²) in [6, 6.07) is 13.7. The van der Waals surface area contributed by atoms with Gasteiger partial charge in [0.05, 0.1) is 19.0 Å². The fourth-order valence-corrected chi connectivity index (χ4v) is 4.49. The van der Waals surface area contributed by atoms with E-state index in [9.17, 15) is 19.5 Å². The highest BCUT2D eigenvalue weighted by Crippen LogP contribution is 2.20. The monoisotopic (exact) mass is 568 g/mol. The minimum Gasteiger partial charge on any atom is -0.386 e. The number of amides is 3. The maximum Gasteiger partial charge on any atom is 0.246 e. The first-order chi connectivity index (χ1) is 19.2.